The fourth-order valence-electron chi connectivity index (χ4n) is 2.84. The number of fused-ring (bicyclic) bond motifs is 1. The standard InChI is InChI=1S/C19H18O3/c1-21-13-19(12-11-15-7-5-6-10-17(15)19)14-22-18(20)16-8-3-2-4-9-16/h2-12H,13-14H2,1H3. The van der Waals surface area contributed by atoms with E-state index in [1.54, 1.807) is 19.2 Å². The van der Waals surface area contributed by atoms with Gasteiger partial charge in [-0.1, -0.05) is 54.6 Å². The van der Waals surface area contributed by atoms with E-state index in [0.717, 1.165) is 11.1 Å². The van der Waals surface area contributed by atoms with Crippen molar-refractivity contribution in [3.8, 4) is 0 Å². The van der Waals surface area contributed by atoms with Crippen molar-refractivity contribution >= 4 is 12.0 Å². The molecule has 0 radical (unpaired) electrons. The largest absolute Gasteiger partial charge is 0.461 e. The Kier molecular flexibility index (Phi) is 4.07. The summed E-state index contributed by atoms with van der Waals surface area (Å²) in [7, 11) is 1.66. The second-order valence-corrected chi connectivity index (χ2v) is 5.45. The monoisotopic (exact) mass is 294 g/mol. The Bertz CT molecular complexity index is 691. The lowest BCUT2D eigenvalue weighted by atomic mass is 9.84. The molecule has 3 nitrogen and oxygen atoms in total. The first kappa shape index (κ1) is 14.5. The molecule has 0 fully saturated rings. The highest BCUT2D eigenvalue weighted by molar-refractivity contribution is 5.89. The lowest BCUT2D eigenvalue weighted by Crippen LogP contribution is -2.34. The van der Waals surface area contributed by atoms with Gasteiger partial charge in [0.1, 0.15) is 6.61 Å². The SMILES string of the molecule is COCC1(COC(=O)c2ccccc2)C=Cc2ccccc21. The molecule has 0 saturated carbocycles. The number of carbonyl (C=O) groups is 1. The summed E-state index contributed by atoms with van der Waals surface area (Å²) in [5.74, 6) is -0.311. The maximum Gasteiger partial charge on any atom is 0.338 e. The summed E-state index contributed by atoms with van der Waals surface area (Å²) in [6, 6.07) is 17.1. The van der Waals surface area contributed by atoms with E-state index in [2.05, 4.69) is 24.3 Å². The topological polar surface area (TPSA) is 35.5 Å². The van der Waals surface area contributed by atoms with Gasteiger partial charge in [-0.2, -0.15) is 0 Å². The summed E-state index contributed by atoms with van der Waals surface area (Å²) in [4.78, 5) is 12.2. The highest BCUT2D eigenvalue weighted by Crippen LogP contribution is 2.36. The van der Waals surface area contributed by atoms with Crippen LogP contribution in [0.15, 0.2) is 60.7 Å². The number of hydrogen-bond acceptors (Lipinski definition) is 3. The molecule has 0 spiro atoms. The van der Waals surface area contributed by atoms with Gasteiger partial charge in [0.2, 0.25) is 0 Å². The Morgan fingerprint density at radius 3 is 2.50 bits per heavy atom. The van der Waals surface area contributed by atoms with Crippen LogP contribution in [0, 0.1) is 0 Å². The first-order valence-corrected chi connectivity index (χ1v) is 7.25. The van der Waals surface area contributed by atoms with Crippen LogP contribution in [0.5, 0.6) is 0 Å². The van der Waals surface area contributed by atoms with Crippen molar-refractivity contribution in [3.63, 3.8) is 0 Å². The molecule has 0 heterocycles. The fraction of sp³-hybridized carbons (Fsp3) is 0.211. The van der Waals surface area contributed by atoms with E-state index < -0.39 is 5.41 Å². The van der Waals surface area contributed by atoms with Crippen molar-refractivity contribution in [3.05, 3.63) is 77.4 Å². The number of ether oxygens (including phenoxy) is 2. The van der Waals surface area contributed by atoms with Gasteiger partial charge >= 0.3 is 5.97 Å². The summed E-state index contributed by atoms with van der Waals surface area (Å²) in [6.07, 6.45) is 4.13. The third kappa shape index (κ3) is 2.68. The minimum absolute atomic E-state index is 0.266. The Balaban J connectivity index is 1.80. The van der Waals surface area contributed by atoms with Crippen molar-refractivity contribution in [2.45, 2.75) is 5.41 Å². The van der Waals surface area contributed by atoms with Crippen LogP contribution in [-0.4, -0.2) is 26.3 Å². The van der Waals surface area contributed by atoms with E-state index >= 15 is 0 Å². The predicted octanol–water partition coefficient (Wildman–Crippen LogP) is 3.45. The number of methoxy groups -OCH3 is 1. The van der Waals surface area contributed by atoms with E-state index in [-0.39, 0.29) is 12.6 Å². The van der Waals surface area contributed by atoms with Gasteiger partial charge in [0.25, 0.3) is 0 Å². The van der Waals surface area contributed by atoms with Gasteiger partial charge in [-0.15, -0.1) is 0 Å². The van der Waals surface area contributed by atoms with Crippen molar-refractivity contribution in [1.29, 1.82) is 0 Å². The molecular weight excluding hydrogens is 276 g/mol. The molecule has 0 bridgehead atoms. The molecule has 0 amide bonds. The first-order valence-electron chi connectivity index (χ1n) is 7.25. The summed E-state index contributed by atoms with van der Waals surface area (Å²) in [5, 5.41) is 0. The highest BCUT2D eigenvalue weighted by Gasteiger charge is 2.36. The second-order valence-electron chi connectivity index (χ2n) is 5.45. The number of carbonyl (C=O) groups excluding carboxylic acids is 1. The van der Waals surface area contributed by atoms with Crippen LogP contribution in [0.2, 0.25) is 0 Å². The highest BCUT2D eigenvalue weighted by atomic mass is 16.5. The number of hydrogen-bond donors (Lipinski definition) is 0. The minimum atomic E-state index is -0.407. The van der Waals surface area contributed by atoms with Crippen molar-refractivity contribution < 1.29 is 14.3 Å². The molecule has 1 atom stereocenters. The van der Waals surface area contributed by atoms with Gasteiger partial charge < -0.3 is 9.47 Å². The molecule has 112 valence electrons. The van der Waals surface area contributed by atoms with Crippen LogP contribution >= 0.6 is 0 Å². The lowest BCUT2D eigenvalue weighted by molar-refractivity contribution is 0.0347. The van der Waals surface area contributed by atoms with Crippen molar-refractivity contribution in [2.24, 2.45) is 0 Å². The van der Waals surface area contributed by atoms with Gasteiger partial charge in [0.15, 0.2) is 0 Å². The molecule has 22 heavy (non-hydrogen) atoms. The van der Waals surface area contributed by atoms with Gasteiger partial charge in [0, 0.05) is 7.11 Å². The average molecular weight is 294 g/mol. The molecule has 1 aliphatic carbocycles. The zero-order valence-electron chi connectivity index (χ0n) is 12.5. The third-order valence-electron chi connectivity index (χ3n) is 3.95. The molecule has 1 unspecified atom stereocenters. The second kappa shape index (κ2) is 6.16. The smallest absolute Gasteiger partial charge is 0.338 e. The lowest BCUT2D eigenvalue weighted by Gasteiger charge is -2.28. The van der Waals surface area contributed by atoms with Crippen LogP contribution in [-0.2, 0) is 14.9 Å². The Hall–Kier alpha value is -2.39. The Labute approximate surface area is 130 Å². The third-order valence-corrected chi connectivity index (χ3v) is 3.95. The van der Waals surface area contributed by atoms with E-state index in [0.29, 0.717) is 12.2 Å². The molecule has 0 N–H and O–H groups in total. The zero-order chi connectivity index (χ0) is 15.4. The molecule has 2 aromatic carbocycles. The fourth-order valence-corrected chi connectivity index (χ4v) is 2.84. The average Bonchev–Trinajstić information content (AvgIpc) is 2.93. The number of benzene rings is 2. The first-order chi connectivity index (χ1) is 10.7. The van der Waals surface area contributed by atoms with Crippen LogP contribution in [0.4, 0.5) is 0 Å². The molecule has 1 aliphatic rings. The Morgan fingerprint density at radius 1 is 1.00 bits per heavy atom. The minimum Gasteiger partial charge on any atom is -0.461 e. The van der Waals surface area contributed by atoms with Gasteiger partial charge in [-0.3, -0.25) is 0 Å². The molecular formula is C19H18O3. The van der Waals surface area contributed by atoms with E-state index in [9.17, 15) is 4.79 Å². The normalized spacial score (nSPS) is 19.0. The zero-order valence-corrected chi connectivity index (χ0v) is 12.5. The van der Waals surface area contributed by atoms with Crippen LogP contribution in [0.3, 0.4) is 0 Å². The van der Waals surface area contributed by atoms with Crippen LogP contribution < -0.4 is 0 Å². The molecule has 3 heteroatoms. The molecule has 3 rings (SSSR count). The van der Waals surface area contributed by atoms with Crippen LogP contribution in [0.1, 0.15) is 21.5 Å². The summed E-state index contributed by atoms with van der Waals surface area (Å²) >= 11 is 0. The summed E-state index contributed by atoms with van der Waals surface area (Å²) < 4.78 is 10.9. The van der Waals surface area contributed by atoms with Crippen molar-refractivity contribution in [1.82, 2.24) is 0 Å². The molecule has 0 aromatic heterocycles. The summed E-state index contributed by atoms with van der Waals surface area (Å²) in [5.41, 5.74) is 2.44. The van der Waals surface area contributed by atoms with E-state index in [1.165, 1.54) is 0 Å². The number of rotatable bonds is 5. The molecule has 0 aliphatic heterocycles. The van der Waals surface area contributed by atoms with Crippen molar-refractivity contribution in [2.75, 3.05) is 20.3 Å². The van der Waals surface area contributed by atoms with Crippen LogP contribution in [0.25, 0.3) is 6.08 Å². The summed E-state index contributed by atoms with van der Waals surface area (Å²) in [6.45, 7) is 0.741. The van der Waals surface area contributed by atoms with Gasteiger partial charge in [0.05, 0.1) is 17.6 Å². The van der Waals surface area contributed by atoms with Gasteiger partial charge in [-0.25, -0.2) is 4.79 Å². The quantitative estimate of drug-likeness (QED) is 0.792. The van der Waals surface area contributed by atoms with E-state index in [4.69, 9.17) is 9.47 Å². The molecule has 0 saturated heterocycles. The predicted molar refractivity (Wildman–Crippen MR) is 85.8 cm³/mol. The Morgan fingerprint density at radius 2 is 1.73 bits per heavy atom. The maximum absolute atomic E-state index is 12.2. The van der Waals surface area contributed by atoms with E-state index in [1.807, 2.05) is 30.3 Å². The maximum atomic E-state index is 12.2. The number of esters is 1. The molecule has 2 aromatic rings. The van der Waals surface area contributed by atoms with Gasteiger partial charge in [-0.05, 0) is 23.3 Å².